The van der Waals surface area contributed by atoms with Crippen molar-refractivity contribution < 1.29 is 9.47 Å². The lowest BCUT2D eigenvalue weighted by Crippen LogP contribution is -2.53. The molecule has 1 heterocycles. The van der Waals surface area contributed by atoms with Crippen LogP contribution in [0.1, 0.15) is 29.5 Å². The Morgan fingerprint density at radius 3 is 1.90 bits per heavy atom. The summed E-state index contributed by atoms with van der Waals surface area (Å²) < 4.78 is 12.6. The maximum absolute atomic E-state index is 6.42. The number of ether oxygens (including phenoxy) is 2. The van der Waals surface area contributed by atoms with Crippen molar-refractivity contribution in [2.45, 2.75) is 44.7 Å². The van der Waals surface area contributed by atoms with Crippen molar-refractivity contribution in [3.05, 3.63) is 108 Å². The van der Waals surface area contributed by atoms with Gasteiger partial charge < -0.3 is 14.4 Å². The molecule has 1 unspecified atom stereocenters. The molecule has 4 heteroatoms. The Kier molecular flexibility index (Phi) is 7.83. The third-order valence-corrected chi connectivity index (χ3v) is 6.13. The summed E-state index contributed by atoms with van der Waals surface area (Å²) >= 11 is 5.79. The fourth-order valence-electron chi connectivity index (χ4n) is 4.01. The van der Waals surface area contributed by atoms with E-state index < -0.39 is 0 Å². The molecule has 0 amide bonds. The zero-order valence-corrected chi connectivity index (χ0v) is 18.5. The lowest BCUT2D eigenvalue weighted by atomic mass is 9.98. The van der Waals surface area contributed by atoms with E-state index in [1.54, 1.807) is 0 Å². The molecule has 1 saturated heterocycles. The Morgan fingerprint density at radius 2 is 1.29 bits per heavy atom. The van der Waals surface area contributed by atoms with Gasteiger partial charge in [0.05, 0.1) is 37.0 Å². The van der Waals surface area contributed by atoms with Crippen LogP contribution in [0.15, 0.2) is 91.0 Å². The second-order valence-electron chi connectivity index (χ2n) is 7.95. The van der Waals surface area contributed by atoms with Crippen LogP contribution in [0.5, 0.6) is 0 Å². The van der Waals surface area contributed by atoms with Gasteiger partial charge in [-0.3, -0.25) is 0 Å². The predicted octanol–water partition coefficient (Wildman–Crippen LogP) is 5.78. The standard InChI is InChI=1S/C27H29NO2S/c31-27-17-16-26(30-20-24-14-8-3-9-15-24)25(21-29-19-23-12-6-2-7-13-23)28(27)18-22-10-4-1-5-11-22/h1-15,25-26H,16-21H2/t25?,26-/m0/s1. The lowest BCUT2D eigenvalue weighted by molar-refractivity contribution is -0.0534. The van der Waals surface area contributed by atoms with E-state index in [2.05, 4.69) is 65.6 Å². The van der Waals surface area contributed by atoms with Gasteiger partial charge in [-0.1, -0.05) is 103 Å². The molecule has 2 atom stereocenters. The average molecular weight is 432 g/mol. The summed E-state index contributed by atoms with van der Waals surface area (Å²) in [6.45, 7) is 2.56. The number of thiocarbonyl (C=S) groups is 1. The van der Waals surface area contributed by atoms with E-state index in [4.69, 9.17) is 21.7 Å². The maximum atomic E-state index is 6.42. The largest absolute Gasteiger partial charge is 0.375 e. The van der Waals surface area contributed by atoms with E-state index in [1.165, 1.54) is 16.7 Å². The average Bonchev–Trinajstić information content (AvgIpc) is 2.82. The van der Waals surface area contributed by atoms with Crippen LogP contribution in [0.25, 0.3) is 0 Å². The van der Waals surface area contributed by atoms with Crippen LogP contribution >= 0.6 is 12.2 Å². The van der Waals surface area contributed by atoms with Gasteiger partial charge >= 0.3 is 0 Å². The summed E-state index contributed by atoms with van der Waals surface area (Å²) in [6, 6.07) is 31.2. The molecule has 0 aromatic heterocycles. The van der Waals surface area contributed by atoms with Gasteiger partial charge in [-0.05, 0) is 23.1 Å². The van der Waals surface area contributed by atoms with Crippen molar-refractivity contribution in [1.82, 2.24) is 4.90 Å². The Balaban J connectivity index is 1.46. The smallest absolute Gasteiger partial charge is 0.0809 e. The number of benzene rings is 3. The SMILES string of the molecule is S=C1CC[C@H](OCc2ccccc2)C(COCc2ccccc2)N1Cc1ccccc1. The highest BCUT2D eigenvalue weighted by Gasteiger charge is 2.34. The highest BCUT2D eigenvalue weighted by atomic mass is 32.1. The van der Waals surface area contributed by atoms with Crippen molar-refractivity contribution in [3.63, 3.8) is 0 Å². The summed E-state index contributed by atoms with van der Waals surface area (Å²) in [5, 5.41) is 0. The summed E-state index contributed by atoms with van der Waals surface area (Å²) in [6.07, 6.45) is 1.87. The molecule has 160 valence electrons. The summed E-state index contributed by atoms with van der Waals surface area (Å²) in [7, 11) is 0. The van der Waals surface area contributed by atoms with E-state index in [9.17, 15) is 0 Å². The fourth-order valence-corrected chi connectivity index (χ4v) is 4.33. The van der Waals surface area contributed by atoms with E-state index >= 15 is 0 Å². The van der Waals surface area contributed by atoms with E-state index in [1.807, 2.05) is 30.3 Å². The molecule has 3 aromatic carbocycles. The second kappa shape index (κ2) is 11.2. The third kappa shape index (κ3) is 6.23. The molecule has 3 nitrogen and oxygen atoms in total. The minimum Gasteiger partial charge on any atom is -0.375 e. The van der Waals surface area contributed by atoms with Crippen molar-refractivity contribution in [1.29, 1.82) is 0 Å². The van der Waals surface area contributed by atoms with Gasteiger partial charge in [-0.25, -0.2) is 0 Å². The van der Waals surface area contributed by atoms with Crippen LogP contribution in [-0.4, -0.2) is 28.6 Å². The van der Waals surface area contributed by atoms with Crippen LogP contribution < -0.4 is 0 Å². The molecule has 0 aliphatic carbocycles. The molecule has 1 fully saturated rings. The first kappa shape index (κ1) is 21.7. The normalized spacial score (nSPS) is 18.8. The first-order valence-electron chi connectivity index (χ1n) is 10.9. The van der Waals surface area contributed by atoms with Crippen LogP contribution in [0, 0.1) is 0 Å². The zero-order chi connectivity index (χ0) is 21.3. The second-order valence-corrected chi connectivity index (χ2v) is 8.42. The molecule has 0 bridgehead atoms. The number of likely N-dealkylation sites (tertiary alicyclic amines) is 1. The molecule has 0 N–H and O–H groups in total. The van der Waals surface area contributed by atoms with Gasteiger partial charge in [0.15, 0.2) is 0 Å². The number of hydrogen-bond acceptors (Lipinski definition) is 3. The van der Waals surface area contributed by atoms with E-state index in [-0.39, 0.29) is 12.1 Å². The molecular formula is C27H29NO2S. The first-order chi connectivity index (χ1) is 15.3. The van der Waals surface area contributed by atoms with Gasteiger partial charge in [0.25, 0.3) is 0 Å². The molecule has 0 radical (unpaired) electrons. The lowest BCUT2D eigenvalue weighted by Gasteiger charge is -2.42. The zero-order valence-electron chi connectivity index (χ0n) is 17.7. The molecule has 0 spiro atoms. The molecule has 31 heavy (non-hydrogen) atoms. The molecule has 3 aromatic rings. The van der Waals surface area contributed by atoms with Crippen molar-refractivity contribution in [2.75, 3.05) is 6.61 Å². The number of nitrogens with zero attached hydrogens (tertiary/aromatic N) is 1. The van der Waals surface area contributed by atoms with Crippen LogP contribution in [-0.2, 0) is 29.2 Å². The minimum atomic E-state index is 0.0754. The van der Waals surface area contributed by atoms with Crippen molar-refractivity contribution in [2.24, 2.45) is 0 Å². The van der Waals surface area contributed by atoms with Gasteiger partial charge in [-0.15, -0.1) is 0 Å². The summed E-state index contributed by atoms with van der Waals surface area (Å²) in [4.78, 5) is 3.31. The van der Waals surface area contributed by atoms with Gasteiger partial charge in [0.1, 0.15) is 0 Å². The number of hydrogen-bond donors (Lipinski definition) is 0. The molecule has 1 aliphatic rings. The van der Waals surface area contributed by atoms with E-state index in [0.29, 0.717) is 19.8 Å². The van der Waals surface area contributed by atoms with E-state index in [0.717, 1.165) is 24.4 Å². The van der Waals surface area contributed by atoms with Crippen molar-refractivity contribution in [3.8, 4) is 0 Å². The topological polar surface area (TPSA) is 21.7 Å². The Bertz CT molecular complexity index is 933. The maximum Gasteiger partial charge on any atom is 0.0809 e. The van der Waals surface area contributed by atoms with Crippen LogP contribution in [0.2, 0.25) is 0 Å². The molecule has 4 rings (SSSR count). The van der Waals surface area contributed by atoms with Crippen LogP contribution in [0.3, 0.4) is 0 Å². The highest BCUT2D eigenvalue weighted by Crippen LogP contribution is 2.26. The Hall–Kier alpha value is -2.53. The van der Waals surface area contributed by atoms with Crippen molar-refractivity contribution >= 4 is 17.2 Å². The Morgan fingerprint density at radius 1 is 0.742 bits per heavy atom. The fraction of sp³-hybridized carbons (Fsp3) is 0.296. The molecular weight excluding hydrogens is 402 g/mol. The summed E-state index contributed by atoms with van der Waals surface area (Å²) in [5.74, 6) is 0. The first-order valence-corrected chi connectivity index (χ1v) is 11.3. The number of rotatable bonds is 9. The van der Waals surface area contributed by atoms with Crippen LogP contribution in [0.4, 0.5) is 0 Å². The predicted molar refractivity (Wildman–Crippen MR) is 129 cm³/mol. The summed E-state index contributed by atoms with van der Waals surface area (Å²) in [5.41, 5.74) is 3.62. The minimum absolute atomic E-state index is 0.0754. The van der Waals surface area contributed by atoms with Gasteiger partial charge in [0, 0.05) is 13.0 Å². The van der Waals surface area contributed by atoms with Gasteiger partial charge in [-0.2, -0.15) is 0 Å². The molecule has 1 aliphatic heterocycles. The highest BCUT2D eigenvalue weighted by molar-refractivity contribution is 7.80. The number of piperidine rings is 1. The quantitative estimate of drug-likeness (QED) is 0.400. The monoisotopic (exact) mass is 431 g/mol. The molecule has 0 saturated carbocycles. The Labute approximate surface area is 190 Å². The third-order valence-electron chi connectivity index (χ3n) is 5.70. The van der Waals surface area contributed by atoms with Gasteiger partial charge in [0.2, 0.25) is 0 Å².